The lowest BCUT2D eigenvalue weighted by Crippen LogP contribution is -2.50. The zero-order valence-corrected chi connectivity index (χ0v) is 14.7. The number of halogens is 2. The van der Waals surface area contributed by atoms with Gasteiger partial charge >= 0.3 is 0 Å². The van der Waals surface area contributed by atoms with E-state index in [1.165, 1.54) is 0 Å². The van der Waals surface area contributed by atoms with Crippen molar-refractivity contribution in [1.82, 2.24) is 15.2 Å². The summed E-state index contributed by atoms with van der Waals surface area (Å²) in [5, 5.41) is 6.25. The average molecular weight is 369 g/mol. The molecule has 1 unspecified atom stereocenters. The van der Waals surface area contributed by atoms with Crippen LogP contribution >= 0.6 is 36.2 Å². The largest absolute Gasteiger partial charge is 0.366 e. The van der Waals surface area contributed by atoms with E-state index in [0.717, 1.165) is 44.3 Å². The first-order chi connectivity index (χ1) is 9.84. The molecule has 0 saturated carbocycles. The van der Waals surface area contributed by atoms with Crippen LogP contribution in [0.2, 0.25) is 0 Å². The Hall–Kier alpha value is -0.600. The van der Waals surface area contributed by atoms with Crippen molar-refractivity contribution in [3.8, 4) is 0 Å². The van der Waals surface area contributed by atoms with Crippen molar-refractivity contribution < 1.29 is 9.53 Å². The van der Waals surface area contributed by atoms with E-state index in [-0.39, 0.29) is 36.8 Å². The van der Waals surface area contributed by atoms with Crippen LogP contribution in [0.1, 0.15) is 6.42 Å². The number of nitrogens with zero attached hydrogens (tertiary/aromatic N) is 3. The Morgan fingerprint density at radius 2 is 2.18 bits per heavy atom. The fourth-order valence-electron chi connectivity index (χ4n) is 2.63. The molecule has 2 fully saturated rings. The number of rotatable bonds is 2. The molecular weight excluding hydrogens is 347 g/mol. The van der Waals surface area contributed by atoms with Gasteiger partial charge in [0.1, 0.15) is 6.10 Å². The third kappa shape index (κ3) is 4.70. The number of amides is 1. The van der Waals surface area contributed by atoms with Gasteiger partial charge in [-0.2, -0.15) is 0 Å². The molecule has 1 N–H and O–H groups in total. The maximum absolute atomic E-state index is 12.4. The van der Waals surface area contributed by atoms with E-state index in [0.29, 0.717) is 13.2 Å². The maximum Gasteiger partial charge on any atom is 0.253 e. The first kappa shape index (κ1) is 19.4. The highest BCUT2D eigenvalue weighted by Gasteiger charge is 2.28. The van der Waals surface area contributed by atoms with Gasteiger partial charge in [0.2, 0.25) is 0 Å². The number of thiazole rings is 1. The molecule has 3 heterocycles. The highest BCUT2D eigenvalue weighted by Crippen LogP contribution is 2.19. The van der Waals surface area contributed by atoms with Crippen molar-refractivity contribution in [2.24, 2.45) is 0 Å². The first-order valence-corrected chi connectivity index (χ1v) is 7.98. The smallest absolute Gasteiger partial charge is 0.253 e. The molecule has 2 aliphatic heterocycles. The Balaban J connectivity index is 0.00000121. The number of ether oxygens (including phenoxy) is 1. The minimum Gasteiger partial charge on any atom is -0.366 e. The van der Waals surface area contributed by atoms with E-state index in [9.17, 15) is 4.79 Å². The van der Waals surface area contributed by atoms with Crippen LogP contribution in [0, 0.1) is 0 Å². The fourth-order valence-corrected chi connectivity index (χ4v) is 3.33. The molecule has 3 rings (SSSR count). The van der Waals surface area contributed by atoms with Gasteiger partial charge in [-0.1, -0.05) is 0 Å². The Morgan fingerprint density at radius 3 is 2.86 bits per heavy atom. The molecule has 9 heteroatoms. The van der Waals surface area contributed by atoms with Crippen molar-refractivity contribution in [3.05, 3.63) is 11.6 Å². The molecular formula is C13H22Cl2N4O2S. The summed E-state index contributed by atoms with van der Waals surface area (Å²) < 4.78 is 5.56. The predicted molar refractivity (Wildman–Crippen MR) is 92.6 cm³/mol. The SMILES string of the molecule is Cl.Cl.O=C(C1CNCCO1)N1CCCN(c2nccs2)CC1. The lowest BCUT2D eigenvalue weighted by atomic mass is 10.2. The third-order valence-electron chi connectivity index (χ3n) is 3.70. The van der Waals surface area contributed by atoms with Crippen LogP contribution in [0.25, 0.3) is 0 Å². The molecule has 22 heavy (non-hydrogen) atoms. The van der Waals surface area contributed by atoms with Crippen molar-refractivity contribution in [3.63, 3.8) is 0 Å². The number of hydrogen-bond acceptors (Lipinski definition) is 6. The summed E-state index contributed by atoms with van der Waals surface area (Å²) in [6, 6.07) is 0. The number of nitrogens with one attached hydrogen (secondary N) is 1. The Kier molecular flexibility index (Phi) is 8.41. The Morgan fingerprint density at radius 1 is 1.32 bits per heavy atom. The lowest BCUT2D eigenvalue weighted by Gasteiger charge is -2.29. The molecule has 2 aliphatic rings. The Bertz CT molecular complexity index is 443. The summed E-state index contributed by atoms with van der Waals surface area (Å²) in [7, 11) is 0. The van der Waals surface area contributed by atoms with Crippen LogP contribution in [0.15, 0.2) is 11.6 Å². The number of aromatic nitrogens is 1. The number of carbonyl (C=O) groups excluding carboxylic acids is 1. The molecule has 0 aliphatic carbocycles. The standard InChI is InChI=1S/C13H20N4O2S.2ClH/c18-12(11-10-14-2-8-19-11)16-4-1-5-17(7-6-16)13-15-3-9-20-13;;/h3,9,11,14H,1-2,4-8,10H2;2*1H. The van der Waals surface area contributed by atoms with Crippen LogP contribution in [-0.2, 0) is 9.53 Å². The maximum atomic E-state index is 12.4. The van der Waals surface area contributed by atoms with E-state index in [1.54, 1.807) is 11.3 Å². The summed E-state index contributed by atoms with van der Waals surface area (Å²) in [4.78, 5) is 21.0. The molecule has 6 nitrogen and oxygen atoms in total. The van der Waals surface area contributed by atoms with Gasteiger partial charge in [-0.25, -0.2) is 4.98 Å². The highest BCUT2D eigenvalue weighted by atomic mass is 35.5. The third-order valence-corrected chi connectivity index (χ3v) is 4.53. The summed E-state index contributed by atoms with van der Waals surface area (Å²) in [5.41, 5.74) is 0. The van der Waals surface area contributed by atoms with Crippen LogP contribution in [0.3, 0.4) is 0 Å². The number of anilines is 1. The van der Waals surface area contributed by atoms with Gasteiger partial charge < -0.3 is 19.9 Å². The van der Waals surface area contributed by atoms with Crippen LogP contribution in [0.4, 0.5) is 5.13 Å². The molecule has 1 aromatic heterocycles. The van der Waals surface area contributed by atoms with Crippen LogP contribution in [-0.4, -0.2) is 67.8 Å². The minimum atomic E-state index is -0.310. The quantitative estimate of drug-likeness (QED) is 0.844. The van der Waals surface area contributed by atoms with Gasteiger partial charge in [0.25, 0.3) is 5.91 Å². The fraction of sp³-hybridized carbons (Fsp3) is 0.692. The van der Waals surface area contributed by atoms with E-state index in [1.807, 2.05) is 16.5 Å². The van der Waals surface area contributed by atoms with Crippen LogP contribution < -0.4 is 10.2 Å². The van der Waals surface area contributed by atoms with Crippen molar-refractivity contribution in [2.75, 3.05) is 50.8 Å². The average Bonchev–Trinajstić information content (AvgIpc) is 2.92. The molecule has 1 amide bonds. The zero-order chi connectivity index (χ0) is 13.8. The van der Waals surface area contributed by atoms with E-state index < -0.39 is 0 Å². The number of carbonyl (C=O) groups is 1. The summed E-state index contributed by atoms with van der Waals surface area (Å²) in [6.07, 6.45) is 2.50. The Labute approximate surface area is 147 Å². The first-order valence-electron chi connectivity index (χ1n) is 7.10. The van der Waals surface area contributed by atoms with Crippen molar-refractivity contribution in [2.45, 2.75) is 12.5 Å². The second-order valence-electron chi connectivity index (χ2n) is 5.04. The molecule has 126 valence electrons. The van der Waals surface area contributed by atoms with Crippen molar-refractivity contribution >= 4 is 47.2 Å². The second-order valence-corrected chi connectivity index (χ2v) is 5.92. The molecule has 0 spiro atoms. The summed E-state index contributed by atoms with van der Waals surface area (Å²) in [5.74, 6) is 0.123. The second kappa shape index (κ2) is 9.52. The van der Waals surface area contributed by atoms with Gasteiger partial charge in [0.15, 0.2) is 5.13 Å². The zero-order valence-electron chi connectivity index (χ0n) is 12.3. The molecule has 0 radical (unpaired) electrons. The van der Waals surface area contributed by atoms with E-state index >= 15 is 0 Å². The minimum absolute atomic E-state index is 0. The molecule has 0 bridgehead atoms. The van der Waals surface area contributed by atoms with Gasteiger partial charge in [-0.15, -0.1) is 36.2 Å². The van der Waals surface area contributed by atoms with Gasteiger partial charge in [-0.05, 0) is 6.42 Å². The predicted octanol–water partition coefficient (Wildman–Crippen LogP) is 1.01. The molecule has 1 aromatic rings. The van der Waals surface area contributed by atoms with E-state index in [2.05, 4.69) is 15.2 Å². The number of morpholine rings is 1. The molecule has 2 saturated heterocycles. The molecule has 0 aromatic carbocycles. The van der Waals surface area contributed by atoms with Gasteiger partial charge in [-0.3, -0.25) is 4.79 Å². The van der Waals surface area contributed by atoms with Gasteiger partial charge in [0.05, 0.1) is 6.61 Å². The lowest BCUT2D eigenvalue weighted by molar-refractivity contribution is -0.144. The highest BCUT2D eigenvalue weighted by molar-refractivity contribution is 7.13. The topological polar surface area (TPSA) is 57.7 Å². The van der Waals surface area contributed by atoms with Crippen LogP contribution in [0.5, 0.6) is 0 Å². The number of hydrogen-bond donors (Lipinski definition) is 1. The molecule has 1 atom stereocenters. The van der Waals surface area contributed by atoms with E-state index in [4.69, 9.17) is 4.74 Å². The van der Waals surface area contributed by atoms with Gasteiger partial charge in [0, 0.05) is 50.8 Å². The van der Waals surface area contributed by atoms with Crippen molar-refractivity contribution in [1.29, 1.82) is 0 Å². The summed E-state index contributed by atoms with van der Waals surface area (Å²) >= 11 is 1.65. The monoisotopic (exact) mass is 368 g/mol. The normalized spacial score (nSPS) is 22.3. The summed E-state index contributed by atoms with van der Waals surface area (Å²) in [6.45, 7) is 5.45.